The SMILES string of the molecule is N=C(N)Nc1ccc2c(c1)CCCOc1c(cccc1C(=O)N(CC(=O)O)[C@@H](CC(=O)O)C(=O)O)OC2=O. The summed E-state index contributed by atoms with van der Waals surface area (Å²) in [5, 5.41) is 37.9. The monoisotopic (exact) mass is 528 g/mol. The summed E-state index contributed by atoms with van der Waals surface area (Å²) < 4.78 is 11.2. The molecule has 0 fully saturated rings. The maximum atomic E-state index is 13.4. The van der Waals surface area contributed by atoms with Crippen LogP contribution in [0.15, 0.2) is 36.4 Å². The van der Waals surface area contributed by atoms with Crippen LogP contribution in [-0.2, 0) is 20.8 Å². The van der Waals surface area contributed by atoms with Gasteiger partial charge in [-0.1, -0.05) is 6.07 Å². The van der Waals surface area contributed by atoms with Crippen LogP contribution in [-0.4, -0.2) is 75.2 Å². The van der Waals surface area contributed by atoms with Gasteiger partial charge in [0.15, 0.2) is 17.5 Å². The second-order valence-corrected chi connectivity index (χ2v) is 8.16. The zero-order chi connectivity index (χ0) is 28.0. The van der Waals surface area contributed by atoms with Gasteiger partial charge in [0.2, 0.25) is 0 Å². The fourth-order valence-corrected chi connectivity index (χ4v) is 3.86. The lowest BCUT2D eigenvalue weighted by Gasteiger charge is -2.27. The summed E-state index contributed by atoms with van der Waals surface area (Å²) >= 11 is 0. The van der Waals surface area contributed by atoms with Crippen molar-refractivity contribution >= 4 is 41.4 Å². The third-order valence-corrected chi connectivity index (χ3v) is 5.45. The van der Waals surface area contributed by atoms with E-state index in [2.05, 4.69) is 5.32 Å². The molecule has 0 radical (unpaired) electrons. The van der Waals surface area contributed by atoms with E-state index in [-0.39, 0.29) is 35.2 Å². The number of carboxylic acid groups (broad SMARTS) is 3. The standard InChI is InChI=1S/C24H24N4O10/c25-24(26)27-13-6-7-14-12(9-13)3-2-8-37-20-15(4-1-5-17(20)38-23(14)36)21(33)28(11-19(31)32)16(22(34)35)10-18(29)30/h1,4-7,9,16H,2-3,8,10-11H2,(H,29,30)(H,31,32)(H,34,35)(H4,25,26,27)/t16-/m0/s1. The van der Waals surface area contributed by atoms with E-state index in [1.54, 1.807) is 6.07 Å². The Bertz CT molecular complexity index is 1310. The molecule has 14 nitrogen and oxygen atoms in total. The third kappa shape index (κ3) is 6.54. The summed E-state index contributed by atoms with van der Waals surface area (Å²) in [7, 11) is 0. The number of guanidine groups is 1. The van der Waals surface area contributed by atoms with Crippen LogP contribution in [0, 0.1) is 5.41 Å². The second-order valence-electron chi connectivity index (χ2n) is 8.16. The minimum atomic E-state index is -1.99. The lowest BCUT2D eigenvalue weighted by molar-refractivity contribution is -0.150. The lowest BCUT2D eigenvalue weighted by Crippen LogP contribution is -2.48. The van der Waals surface area contributed by atoms with Crippen molar-refractivity contribution in [1.82, 2.24) is 4.90 Å². The number of aryl methyl sites for hydroxylation is 1. The number of benzene rings is 2. The minimum absolute atomic E-state index is 0.0229. The molecule has 38 heavy (non-hydrogen) atoms. The average Bonchev–Trinajstić information content (AvgIpc) is 2.83. The molecule has 1 aliphatic heterocycles. The number of para-hydroxylation sites is 1. The molecule has 14 heteroatoms. The Hall–Kier alpha value is -5.14. The number of carbonyl (C=O) groups is 5. The molecule has 3 rings (SSSR count). The Kier molecular flexibility index (Phi) is 8.47. The number of anilines is 1. The molecule has 2 aromatic rings. The smallest absolute Gasteiger partial charge is 0.343 e. The predicted octanol–water partition coefficient (Wildman–Crippen LogP) is 0.991. The van der Waals surface area contributed by atoms with Gasteiger partial charge in [-0.2, -0.15) is 0 Å². The highest BCUT2D eigenvalue weighted by Crippen LogP contribution is 2.35. The molecular weight excluding hydrogens is 504 g/mol. The highest BCUT2D eigenvalue weighted by molar-refractivity contribution is 6.02. The zero-order valence-corrected chi connectivity index (χ0v) is 19.8. The number of nitrogens with zero attached hydrogens (tertiary/aromatic N) is 1. The molecule has 0 aliphatic carbocycles. The maximum Gasteiger partial charge on any atom is 0.343 e. The van der Waals surface area contributed by atoms with E-state index in [4.69, 9.17) is 25.7 Å². The van der Waals surface area contributed by atoms with Crippen molar-refractivity contribution in [2.75, 3.05) is 18.5 Å². The van der Waals surface area contributed by atoms with Crippen molar-refractivity contribution in [3.05, 3.63) is 53.1 Å². The van der Waals surface area contributed by atoms with E-state index in [0.29, 0.717) is 29.0 Å². The van der Waals surface area contributed by atoms with Gasteiger partial charge in [0.1, 0.15) is 12.6 Å². The summed E-state index contributed by atoms with van der Waals surface area (Å²) in [6, 6.07) is 6.55. The van der Waals surface area contributed by atoms with Crippen molar-refractivity contribution < 1.29 is 48.8 Å². The molecule has 1 atom stereocenters. The molecule has 0 unspecified atom stereocenters. The van der Waals surface area contributed by atoms with Gasteiger partial charge in [0, 0.05) is 5.69 Å². The Balaban J connectivity index is 2.02. The number of fused-ring (bicyclic) bond motifs is 2. The number of hydrogen-bond acceptors (Lipinski definition) is 8. The first-order chi connectivity index (χ1) is 18.0. The van der Waals surface area contributed by atoms with Crippen LogP contribution in [0.25, 0.3) is 0 Å². The van der Waals surface area contributed by atoms with E-state index in [1.165, 1.54) is 30.3 Å². The van der Waals surface area contributed by atoms with Crippen LogP contribution in [0.5, 0.6) is 11.5 Å². The molecule has 1 aliphatic rings. The number of nitrogens with two attached hydrogens (primary N) is 1. The van der Waals surface area contributed by atoms with E-state index in [1.807, 2.05) is 0 Å². The number of amides is 1. The molecular formula is C24H24N4O10. The van der Waals surface area contributed by atoms with Gasteiger partial charge in [-0.15, -0.1) is 0 Å². The number of hydrogen-bond donors (Lipinski definition) is 6. The van der Waals surface area contributed by atoms with E-state index in [9.17, 15) is 34.2 Å². The first-order valence-corrected chi connectivity index (χ1v) is 11.2. The van der Waals surface area contributed by atoms with Crippen molar-refractivity contribution in [3.8, 4) is 11.5 Å². The van der Waals surface area contributed by atoms with Gasteiger partial charge < -0.3 is 40.7 Å². The number of carboxylic acids is 3. The summed E-state index contributed by atoms with van der Waals surface area (Å²) in [5.41, 5.74) is 6.34. The number of nitrogens with one attached hydrogen (secondary N) is 2. The van der Waals surface area contributed by atoms with Gasteiger partial charge >= 0.3 is 23.9 Å². The van der Waals surface area contributed by atoms with Gasteiger partial charge in [-0.05, 0) is 48.7 Å². The Morgan fingerprint density at radius 2 is 1.84 bits per heavy atom. The van der Waals surface area contributed by atoms with Crippen LogP contribution in [0.3, 0.4) is 0 Å². The molecule has 2 aromatic carbocycles. The fourth-order valence-electron chi connectivity index (χ4n) is 3.86. The van der Waals surface area contributed by atoms with Gasteiger partial charge in [-0.3, -0.25) is 19.8 Å². The third-order valence-electron chi connectivity index (χ3n) is 5.45. The summed E-state index contributed by atoms with van der Waals surface area (Å²) in [6.07, 6.45) is -0.341. The van der Waals surface area contributed by atoms with Crippen LogP contribution in [0.4, 0.5) is 5.69 Å². The zero-order valence-electron chi connectivity index (χ0n) is 19.8. The molecule has 0 saturated heterocycles. The van der Waals surface area contributed by atoms with Crippen molar-refractivity contribution in [2.24, 2.45) is 5.73 Å². The topological polar surface area (TPSA) is 230 Å². The average molecular weight is 528 g/mol. The normalized spacial score (nSPS) is 13.4. The highest BCUT2D eigenvalue weighted by Gasteiger charge is 2.36. The molecule has 0 aromatic heterocycles. The molecule has 0 spiro atoms. The minimum Gasteiger partial charge on any atom is -0.489 e. The Morgan fingerprint density at radius 1 is 1.11 bits per heavy atom. The summed E-state index contributed by atoms with van der Waals surface area (Å²) in [4.78, 5) is 61.2. The van der Waals surface area contributed by atoms with E-state index in [0.717, 1.165) is 0 Å². The van der Waals surface area contributed by atoms with Crippen molar-refractivity contribution in [2.45, 2.75) is 25.3 Å². The summed E-state index contributed by atoms with van der Waals surface area (Å²) in [5.74, 6) is -7.44. The maximum absolute atomic E-state index is 13.4. The van der Waals surface area contributed by atoms with Crippen LogP contribution in [0.1, 0.15) is 39.1 Å². The number of esters is 1. The van der Waals surface area contributed by atoms with Crippen LogP contribution >= 0.6 is 0 Å². The molecule has 0 bridgehead atoms. The number of ether oxygens (including phenoxy) is 2. The Morgan fingerprint density at radius 3 is 2.47 bits per heavy atom. The first kappa shape index (κ1) is 27.4. The van der Waals surface area contributed by atoms with Gasteiger partial charge in [0.25, 0.3) is 5.91 Å². The lowest BCUT2D eigenvalue weighted by atomic mass is 10.0. The quantitative estimate of drug-likeness (QED) is 0.122. The number of aliphatic carboxylic acids is 3. The molecule has 0 saturated carbocycles. The van der Waals surface area contributed by atoms with E-state index >= 15 is 0 Å². The molecule has 200 valence electrons. The predicted molar refractivity (Wildman–Crippen MR) is 130 cm³/mol. The van der Waals surface area contributed by atoms with Gasteiger partial charge in [0.05, 0.1) is 24.2 Å². The summed E-state index contributed by atoms with van der Waals surface area (Å²) in [6.45, 7) is -1.08. The molecule has 1 heterocycles. The second kappa shape index (κ2) is 11.7. The number of rotatable bonds is 8. The van der Waals surface area contributed by atoms with Crippen molar-refractivity contribution in [1.29, 1.82) is 5.41 Å². The Labute approximate surface area is 215 Å². The molecule has 1 amide bonds. The fraction of sp³-hybridized carbons (Fsp3) is 0.250. The largest absolute Gasteiger partial charge is 0.489 e. The van der Waals surface area contributed by atoms with Crippen LogP contribution in [0.2, 0.25) is 0 Å². The highest BCUT2D eigenvalue weighted by atomic mass is 16.6. The van der Waals surface area contributed by atoms with Gasteiger partial charge in [-0.25, -0.2) is 9.59 Å². The molecule has 7 N–H and O–H groups in total. The van der Waals surface area contributed by atoms with Crippen LogP contribution < -0.4 is 20.5 Å². The van der Waals surface area contributed by atoms with Crippen molar-refractivity contribution in [3.63, 3.8) is 0 Å². The van der Waals surface area contributed by atoms with E-state index < -0.39 is 48.8 Å². The number of carbonyl (C=O) groups excluding carboxylic acids is 2. The first-order valence-electron chi connectivity index (χ1n) is 11.2.